The van der Waals surface area contributed by atoms with Gasteiger partial charge in [0.15, 0.2) is 11.5 Å². The second-order valence-corrected chi connectivity index (χ2v) is 7.24. The van der Waals surface area contributed by atoms with Crippen LogP contribution in [0.15, 0.2) is 12.1 Å². The summed E-state index contributed by atoms with van der Waals surface area (Å²) in [6.45, 7) is 2.85. The number of aliphatic hydroxyl groups is 1. The van der Waals surface area contributed by atoms with Crippen molar-refractivity contribution in [3.05, 3.63) is 17.7 Å². The molecule has 1 aromatic carbocycles. The first-order valence-corrected chi connectivity index (χ1v) is 9.09. The van der Waals surface area contributed by atoms with Gasteiger partial charge in [0.1, 0.15) is 19.0 Å². The summed E-state index contributed by atoms with van der Waals surface area (Å²) >= 11 is 0. The standard InChI is InChI=1S/C19H27NO5/c1-22-15-11-17-16(24-7-8-25-17)9-13(15)12-20-6-5-19(23-2)4-3-14(21)10-18(19)20/h9,11,14,18,21H,3-8,10,12H2,1-2H3/t14-,18+,19-/m1/s1. The van der Waals surface area contributed by atoms with Crippen LogP contribution < -0.4 is 14.2 Å². The molecule has 1 saturated carbocycles. The van der Waals surface area contributed by atoms with Gasteiger partial charge < -0.3 is 24.1 Å². The van der Waals surface area contributed by atoms with Crippen molar-refractivity contribution in [2.75, 3.05) is 34.0 Å². The third-order valence-electron chi connectivity index (χ3n) is 5.99. The van der Waals surface area contributed by atoms with Crippen LogP contribution in [0.3, 0.4) is 0 Å². The first-order chi connectivity index (χ1) is 12.1. The van der Waals surface area contributed by atoms with E-state index in [2.05, 4.69) is 4.90 Å². The molecule has 3 atom stereocenters. The molecule has 2 heterocycles. The molecule has 0 spiro atoms. The summed E-state index contributed by atoms with van der Waals surface area (Å²) in [5.74, 6) is 2.34. The van der Waals surface area contributed by atoms with Crippen molar-refractivity contribution in [2.24, 2.45) is 0 Å². The Morgan fingerprint density at radius 1 is 1.20 bits per heavy atom. The van der Waals surface area contributed by atoms with E-state index in [-0.39, 0.29) is 17.7 Å². The molecule has 0 bridgehead atoms. The van der Waals surface area contributed by atoms with Crippen LogP contribution in [0.5, 0.6) is 17.2 Å². The summed E-state index contributed by atoms with van der Waals surface area (Å²) in [7, 11) is 3.49. The van der Waals surface area contributed by atoms with Gasteiger partial charge in [0.05, 0.1) is 18.8 Å². The van der Waals surface area contributed by atoms with E-state index in [1.807, 2.05) is 12.1 Å². The molecule has 0 radical (unpaired) electrons. The zero-order valence-electron chi connectivity index (χ0n) is 15.0. The molecule has 1 N–H and O–H groups in total. The number of fused-ring (bicyclic) bond motifs is 2. The van der Waals surface area contributed by atoms with Crippen LogP contribution in [0, 0.1) is 0 Å². The van der Waals surface area contributed by atoms with Crippen LogP contribution in [0.25, 0.3) is 0 Å². The highest BCUT2D eigenvalue weighted by Gasteiger charge is 2.50. The monoisotopic (exact) mass is 349 g/mol. The van der Waals surface area contributed by atoms with E-state index in [9.17, 15) is 5.11 Å². The molecule has 2 aliphatic heterocycles. The van der Waals surface area contributed by atoms with Gasteiger partial charge in [-0.05, 0) is 31.7 Å². The predicted molar refractivity (Wildman–Crippen MR) is 92.4 cm³/mol. The number of rotatable bonds is 4. The lowest BCUT2D eigenvalue weighted by molar-refractivity contribution is -0.0880. The van der Waals surface area contributed by atoms with Gasteiger partial charge >= 0.3 is 0 Å². The molecule has 1 aromatic rings. The van der Waals surface area contributed by atoms with Gasteiger partial charge in [-0.3, -0.25) is 4.90 Å². The summed E-state index contributed by atoms with van der Waals surface area (Å²) in [6, 6.07) is 4.18. The highest BCUT2D eigenvalue weighted by atomic mass is 16.6. The topological polar surface area (TPSA) is 60.4 Å². The molecule has 0 aromatic heterocycles. The van der Waals surface area contributed by atoms with E-state index in [0.29, 0.717) is 13.2 Å². The molecule has 6 heteroatoms. The van der Waals surface area contributed by atoms with Crippen molar-refractivity contribution in [3.63, 3.8) is 0 Å². The molecule has 4 rings (SSSR count). The predicted octanol–water partition coefficient (Wildman–Crippen LogP) is 1.97. The van der Waals surface area contributed by atoms with Gasteiger partial charge in [0.25, 0.3) is 0 Å². The average Bonchev–Trinajstić information content (AvgIpc) is 2.99. The SMILES string of the molecule is COc1cc2c(cc1CN1CC[C@]3(OC)CC[C@@H](O)C[C@H]13)OCCO2. The Kier molecular flexibility index (Phi) is 4.52. The van der Waals surface area contributed by atoms with Crippen molar-refractivity contribution in [2.45, 2.75) is 50.0 Å². The average molecular weight is 349 g/mol. The lowest BCUT2D eigenvalue weighted by atomic mass is 9.79. The number of methoxy groups -OCH3 is 2. The number of hydrogen-bond acceptors (Lipinski definition) is 6. The smallest absolute Gasteiger partial charge is 0.165 e. The first kappa shape index (κ1) is 16.9. The third kappa shape index (κ3) is 2.96. The summed E-state index contributed by atoms with van der Waals surface area (Å²) < 4.78 is 22.9. The zero-order valence-corrected chi connectivity index (χ0v) is 15.0. The van der Waals surface area contributed by atoms with E-state index in [0.717, 1.165) is 61.6 Å². The van der Waals surface area contributed by atoms with Gasteiger partial charge in [0, 0.05) is 37.9 Å². The van der Waals surface area contributed by atoms with E-state index in [4.69, 9.17) is 18.9 Å². The Morgan fingerprint density at radius 3 is 2.68 bits per heavy atom. The second-order valence-electron chi connectivity index (χ2n) is 7.24. The summed E-state index contributed by atoms with van der Waals surface area (Å²) in [5.41, 5.74) is 0.957. The van der Waals surface area contributed by atoms with Crippen molar-refractivity contribution < 1.29 is 24.1 Å². The van der Waals surface area contributed by atoms with Crippen molar-refractivity contribution in [3.8, 4) is 17.2 Å². The summed E-state index contributed by atoms with van der Waals surface area (Å²) in [5, 5.41) is 10.2. The minimum atomic E-state index is -0.240. The molecule has 0 amide bonds. The van der Waals surface area contributed by atoms with Crippen molar-refractivity contribution in [1.82, 2.24) is 4.90 Å². The molecular weight excluding hydrogens is 322 g/mol. The molecule has 0 unspecified atom stereocenters. The summed E-state index contributed by atoms with van der Waals surface area (Å²) in [6.07, 6.45) is 3.28. The Hall–Kier alpha value is -1.50. The van der Waals surface area contributed by atoms with E-state index >= 15 is 0 Å². The molecule has 3 aliphatic rings. The highest BCUT2D eigenvalue weighted by Crippen LogP contribution is 2.44. The minimum absolute atomic E-state index is 0.125. The van der Waals surface area contributed by atoms with Crippen LogP contribution in [-0.4, -0.2) is 61.7 Å². The van der Waals surface area contributed by atoms with Crippen LogP contribution in [0.2, 0.25) is 0 Å². The zero-order chi connectivity index (χ0) is 17.4. The Bertz CT molecular complexity index is 636. The van der Waals surface area contributed by atoms with Gasteiger partial charge in [-0.1, -0.05) is 0 Å². The maximum absolute atomic E-state index is 10.2. The number of likely N-dealkylation sites (tertiary alicyclic amines) is 1. The van der Waals surface area contributed by atoms with Crippen LogP contribution >= 0.6 is 0 Å². The van der Waals surface area contributed by atoms with Crippen molar-refractivity contribution >= 4 is 0 Å². The molecule has 2 fully saturated rings. The van der Waals surface area contributed by atoms with Crippen LogP contribution in [0.4, 0.5) is 0 Å². The normalized spacial score (nSPS) is 31.6. The lowest BCUT2D eigenvalue weighted by Gasteiger charge is -2.42. The third-order valence-corrected chi connectivity index (χ3v) is 5.99. The molecule has 25 heavy (non-hydrogen) atoms. The highest BCUT2D eigenvalue weighted by molar-refractivity contribution is 5.51. The number of benzene rings is 1. The second kappa shape index (κ2) is 6.67. The fourth-order valence-electron chi connectivity index (χ4n) is 4.60. The Labute approximate surface area is 148 Å². The molecule has 1 aliphatic carbocycles. The van der Waals surface area contributed by atoms with E-state index in [1.54, 1.807) is 14.2 Å². The number of nitrogens with zero attached hydrogens (tertiary/aromatic N) is 1. The van der Waals surface area contributed by atoms with Gasteiger partial charge in [0.2, 0.25) is 0 Å². The van der Waals surface area contributed by atoms with Crippen molar-refractivity contribution in [1.29, 1.82) is 0 Å². The largest absolute Gasteiger partial charge is 0.496 e. The molecule has 1 saturated heterocycles. The fourth-order valence-corrected chi connectivity index (χ4v) is 4.60. The maximum atomic E-state index is 10.2. The quantitative estimate of drug-likeness (QED) is 0.897. The summed E-state index contributed by atoms with van der Waals surface area (Å²) in [4.78, 5) is 2.42. The van der Waals surface area contributed by atoms with Crippen LogP contribution in [-0.2, 0) is 11.3 Å². The molecule has 138 valence electrons. The molecular formula is C19H27NO5. The Morgan fingerprint density at radius 2 is 1.96 bits per heavy atom. The fraction of sp³-hybridized carbons (Fsp3) is 0.684. The maximum Gasteiger partial charge on any atom is 0.165 e. The minimum Gasteiger partial charge on any atom is -0.496 e. The van der Waals surface area contributed by atoms with Gasteiger partial charge in [-0.15, -0.1) is 0 Å². The Balaban J connectivity index is 1.59. The van der Waals surface area contributed by atoms with Crippen LogP contribution in [0.1, 0.15) is 31.2 Å². The number of ether oxygens (including phenoxy) is 4. The first-order valence-electron chi connectivity index (χ1n) is 9.09. The number of hydrogen-bond donors (Lipinski definition) is 1. The lowest BCUT2D eigenvalue weighted by Crippen LogP contribution is -2.51. The van der Waals surface area contributed by atoms with Gasteiger partial charge in [-0.25, -0.2) is 0 Å². The number of aliphatic hydroxyl groups excluding tert-OH is 1. The van der Waals surface area contributed by atoms with Gasteiger partial charge in [-0.2, -0.15) is 0 Å². The molecule has 6 nitrogen and oxygen atoms in total. The van der Waals surface area contributed by atoms with E-state index < -0.39 is 0 Å². The van der Waals surface area contributed by atoms with E-state index in [1.165, 1.54) is 0 Å².